The molecule has 2 saturated heterocycles. The molecule has 7 rings (SSSR count). The summed E-state index contributed by atoms with van der Waals surface area (Å²) in [6.07, 6.45) is 2.83. The molecule has 9 heteroatoms. The largest absolute Gasteiger partial charge is 0.470 e. The third kappa shape index (κ3) is 6.21. The number of hydrogen-bond donors (Lipinski definition) is 3. The average molecular weight is 583 g/mol. The monoisotopic (exact) mass is 582 g/mol. The molecule has 0 amide bonds. The van der Waals surface area contributed by atoms with Crippen LogP contribution >= 0.6 is 0 Å². The topological polar surface area (TPSA) is 115 Å². The number of benzene rings is 2. The molecule has 43 heavy (non-hydrogen) atoms. The van der Waals surface area contributed by atoms with Crippen LogP contribution in [-0.4, -0.2) is 73.2 Å². The minimum Gasteiger partial charge on any atom is -0.470 e. The molecule has 0 aliphatic carbocycles. The number of fused-ring (bicyclic) bond motifs is 2. The van der Waals surface area contributed by atoms with Crippen molar-refractivity contribution in [2.45, 2.75) is 64.1 Å². The van der Waals surface area contributed by atoms with E-state index in [9.17, 15) is 10.2 Å². The van der Waals surface area contributed by atoms with Gasteiger partial charge in [0.2, 0.25) is 0 Å². The van der Waals surface area contributed by atoms with Crippen LogP contribution < -0.4 is 4.74 Å². The highest BCUT2D eigenvalue weighted by Gasteiger charge is 2.48. The highest BCUT2D eigenvalue weighted by molar-refractivity contribution is 5.81. The molecule has 3 N–H and O–H groups in total. The van der Waals surface area contributed by atoms with Crippen LogP contribution in [0.2, 0.25) is 0 Å². The molecule has 2 aromatic carbocycles. The van der Waals surface area contributed by atoms with Gasteiger partial charge in [0.25, 0.3) is 0 Å². The summed E-state index contributed by atoms with van der Waals surface area (Å²) in [4.78, 5) is 8.13. The first-order valence-electron chi connectivity index (χ1n) is 14.8. The predicted molar refractivity (Wildman–Crippen MR) is 165 cm³/mol. The van der Waals surface area contributed by atoms with Crippen molar-refractivity contribution in [2.24, 2.45) is 0 Å². The Balaban J connectivity index is 0.00000161. The molecular formula is C34H38N4O5. The van der Waals surface area contributed by atoms with Gasteiger partial charge in [-0.25, -0.2) is 9.67 Å². The molecule has 2 aliphatic heterocycles. The van der Waals surface area contributed by atoms with Gasteiger partial charge in [0.15, 0.2) is 12.0 Å². The number of nitrogens with one attached hydrogen (secondary N) is 1. The maximum Gasteiger partial charge on any atom is 0.193 e. The van der Waals surface area contributed by atoms with Crippen molar-refractivity contribution >= 4 is 11.0 Å². The lowest BCUT2D eigenvalue weighted by molar-refractivity contribution is 0.00794. The van der Waals surface area contributed by atoms with Crippen molar-refractivity contribution in [2.75, 3.05) is 13.2 Å². The third-order valence-corrected chi connectivity index (χ3v) is 7.63. The second-order valence-electron chi connectivity index (χ2n) is 11.5. The molecule has 3 aromatic heterocycles. The van der Waals surface area contributed by atoms with E-state index in [-0.39, 0.29) is 24.9 Å². The highest BCUT2D eigenvalue weighted by atomic mass is 16.6. The van der Waals surface area contributed by atoms with Gasteiger partial charge in [0.05, 0.1) is 47.4 Å². The van der Waals surface area contributed by atoms with E-state index >= 15 is 0 Å². The van der Waals surface area contributed by atoms with Crippen LogP contribution in [-0.2, 0) is 15.9 Å². The fraction of sp³-hybridized carbons (Fsp3) is 0.353. The summed E-state index contributed by atoms with van der Waals surface area (Å²) in [6.45, 7) is 8.24. The number of hydrogen-bond acceptors (Lipinski definition) is 7. The van der Waals surface area contributed by atoms with Gasteiger partial charge in [-0.15, -0.1) is 0 Å². The first-order valence-corrected chi connectivity index (χ1v) is 14.8. The Morgan fingerprint density at radius 2 is 1.60 bits per heavy atom. The molecule has 0 spiro atoms. The maximum atomic E-state index is 10.1. The number of rotatable bonds is 7. The summed E-state index contributed by atoms with van der Waals surface area (Å²) in [7, 11) is 0. The minimum absolute atomic E-state index is 0.266. The van der Waals surface area contributed by atoms with Gasteiger partial charge < -0.3 is 29.4 Å². The van der Waals surface area contributed by atoms with Gasteiger partial charge in [0.1, 0.15) is 18.3 Å². The normalized spacial score (nSPS) is 21.4. The van der Waals surface area contributed by atoms with Crippen LogP contribution in [0.15, 0.2) is 79.1 Å². The van der Waals surface area contributed by atoms with Crippen LogP contribution in [0.1, 0.15) is 33.3 Å². The number of aliphatic hydroxyl groups is 2. The van der Waals surface area contributed by atoms with E-state index in [1.54, 1.807) is 20.0 Å². The molecule has 2 aliphatic rings. The van der Waals surface area contributed by atoms with E-state index < -0.39 is 11.7 Å². The van der Waals surface area contributed by atoms with Gasteiger partial charge in [-0.05, 0) is 54.8 Å². The fourth-order valence-corrected chi connectivity index (χ4v) is 5.65. The lowest BCUT2D eigenvalue weighted by Crippen LogP contribution is -2.34. The van der Waals surface area contributed by atoms with E-state index in [2.05, 4.69) is 46.5 Å². The van der Waals surface area contributed by atoms with E-state index in [4.69, 9.17) is 19.2 Å². The maximum absolute atomic E-state index is 10.1. The molecule has 224 valence electrons. The SMILES string of the molecule is CC.CC(C)(O)Cc1cnn(-c2ccc(-c3ccc(-c4ccc5[nH]c(O[C@@H]6COC7[C@H](O)CO[C@@H]76)cc5n4)cc3)cc2)c1. The fourth-order valence-electron chi connectivity index (χ4n) is 5.65. The molecule has 1 unspecified atom stereocenters. The smallest absolute Gasteiger partial charge is 0.193 e. The Morgan fingerprint density at radius 3 is 2.33 bits per heavy atom. The van der Waals surface area contributed by atoms with Crippen LogP contribution in [0.3, 0.4) is 0 Å². The van der Waals surface area contributed by atoms with Gasteiger partial charge in [-0.3, -0.25) is 0 Å². The Hall–Kier alpha value is -4.02. The summed E-state index contributed by atoms with van der Waals surface area (Å²) in [5.41, 5.74) is 6.99. The summed E-state index contributed by atoms with van der Waals surface area (Å²) < 4.78 is 19.3. The zero-order chi connectivity index (χ0) is 30.1. The van der Waals surface area contributed by atoms with Crippen LogP contribution in [0.4, 0.5) is 0 Å². The van der Waals surface area contributed by atoms with E-state index in [0.717, 1.165) is 44.7 Å². The number of aromatic nitrogens is 4. The third-order valence-electron chi connectivity index (χ3n) is 7.63. The Bertz CT molecular complexity index is 1670. The number of ether oxygens (including phenoxy) is 3. The highest BCUT2D eigenvalue weighted by Crippen LogP contribution is 2.32. The number of H-pyrrole nitrogens is 1. The summed E-state index contributed by atoms with van der Waals surface area (Å²) in [6, 6.07) is 22.5. The number of nitrogens with zero attached hydrogens (tertiary/aromatic N) is 3. The van der Waals surface area contributed by atoms with Gasteiger partial charge in [-0.1, -0.05) is 50.2 Å². The Morgan fingerprint density at radius 1 is 0.930 bits per heavy atom. The van der Waals surface area contributed by atoms with Crippen molar-refractivity contribution < 1.29 is 24.4 Å². The van der Waals surface area contributed by atoms with Gasteiger partial charge >= 0.3 is 0 Å². The van der Waals surface area contributed by atoms with Crippen molar-refractivity contribution in [1.82, 2.24) is 19.7 Å². The summed E-state index contributed by atoms with van der Waals surface area (Å²) >= 11 is 0. The molecule has 2 fully saturated rings. The zero-order valence-electron chi connectivity index (χ0n) is 24.9. The lowest BCUT2D eigenvalue weighted by atomic mass is 10.0. The van der Waals surface area contributed by atoms with Crippen molar-refractivity contribution in [3.63, 3.8) is 0 Å². The molecule has 4 atom stereocenters. The summed E-state index contributed by atoms with van der Waals surface area (Å²) in [5.74, 6) is 0.603. The predicted octanol–water partition coefficient (Wildman–Crippen LogP) is 5.33. The molecular weight excluding hydrogens is 544 g/mol. The van der Waals surface area contributed by atoms with Gasteiger partial charge in [-0.2, -0.15) is 5.10 Å². The lowest BCUT2D eigenvalue weighted by Gasteiger charge is -2.16. The van der Waals surface area contributed by atoms with Crippen LogP contribution in [0.25, 0.3) is 39.1 Å². The molecule has 0 saturated carbocycles. The number of pyridine rings is 1. The molecule has 9 nitrogen and oxygen atoms in total. The molecule has 0 radical (unpaired) electrons. The second kappa shape index (κ2) is 11.9. The molecule has 5 heterocycles. The van der Waals surface area contributed by atoms with Crippen LogP contribution in [0, 0.1) is 0 Å². The number of aliphatic hydroxyl groups excluding tert-OH is 1. The summed E-state index contributed by atoms with van der Waals surface area (Å²) in [5, 5.41) is 24.5. The van der Waals surface area contributed by atoms with Crippen molar-refractivity contribution in [3.05, 3.63) is 84.7 Å². The van der Waals surface area contributed by atoms with Gasteiger partial charge in [0, 0.05) is 24.2 Å². The molecule has 5 aromatic rings. The van der Waals surface area contributed by atoms with Crippen LogP contribution in [0.5, 0.6) is 5.88 Å². The zero-order valence-corrected chi connectivity index (χ0v) is 24.9. The Kier molecular flexibility index (Phi) is 8.07. The van der Waals surface area contributed by atoms with Crippen molar-refractivity contribution in [3.8, 4) is 34.0 Å². The second-order valence-corrected chi connectivity index (χ2v) is 11.5. The van der Waals surface area contributed by atoms with E-state index in [0.29, 0.717) is 18.9 Å². The first-order chi connectivity index (χ1) is 20.8. The number of aromatic amines is 1. The standard InChI is InChI=1S/C32H32N4O5.C2H6/c1-32(2,38)14-19-15-33-36(16-19)23-9-7-21(8-10-23)20-3-5-22(6-4-20)24-11-12-25-26(34-24)13-29(35-25)41-28-18-40-30-27(37)17-39-31(28)30;1-2/h3-13,15-16,27-28,30-31,35,37-38H,14,17-18H2,1-2H3;1-2H3/t27-,28-,30?,31-;/m1./s1. The average Bonchev–Trinajstić information content (AvgIpc) is 3.80. The molecule has 0 bridgehead atoms. The Labute approximate surface area is 251 Å². The first kappa shape index (κ1) is 29.1. The quantitative estimate of drug-likeness (QED) is 0.238. The minimum atomic E-state index is -0.768. The van der Waals surface area contributed by atoms with Crippen molar-refractivity contribution in [1.29, 1.82) is 0 Å². The van der Waals surface area contributed by atoms with E-state index in [1.807, 2.05) is 55.1 Å². The van der Waals surface area contributed by atoms with E-state index in [1.165, 1.54) is 0 Å².